The Morgan fingerprint density at radius 2 is 2.03 bits per heavy atom. The third kappa shape index (κ3) is 5.24. The molecule has 0 amide bonds. The minimum atomic E-state index is -4.17. The van der Waals surface area contributed by atoms with Gasteiger partial charge in [-0.1, -0.05) is 17.7 Å². The van der Waals surface area contributed by atoms with Crippen LogP contribution in [0.1, 0.15) is 12.0 Å². The zero-order valence-electron chi connectivity index (χ0n) is 18.5. The number of hydrogen-bond acceptors (Lipinski definition) is 7. The van der Waals surface area contributed by atoms with Crippen LogP contribution in [0.5, 0.6) is 0 Å². The second-order valence-electron chi connectivity index (χ2n) is 8.24. The molecule has 176 valence electrons. The minimum Gasteiger partial charge on any atom is -0.368 e. The summed E-state index contributed by atoms with van der Waals surface area (Å²) in [7, 11) is -0.0243. The molecule has 1 aliphatic rings. The average Bonchev–Trinajstić information content (AvgIpc) is 3.43. The van der Waals surface area contributed by atoms with Crippen molar-refractivity contribution in [2.24, 2.45) is 0 Å². The van der Waals surface area contributed by atoms with Gasteiger partial charge >= 0.3 is 0 Å². The van der Waals surface area contributed by atoms with Crippen LogP contribution in [0.15, 0.2) is 46.1 Å². The summed E-state index contributed by atoms with van der Waals surface area (Å²) in [5.74, 6) is -0.782. The molecule has 3 aromatic rings. The number of nitrogens with one attached hydrogen (secondary N) is 2. The van der Waals surface area contributed by atoms with Crippen molar-refractivity contribution in [2.75, 3.05) is 42.1 Å². The van der Waals surface area contributed by atoms with Crippen LogP contribution in [-0.4, -0.2) is 51.5 Å². The highest BCUT2D eigenvalue weighted by atomic mass is 35.5. The van der Waals surface area contributed by atoms with E-state index in [-0.39, 0.29) is 16.5 Å². The molecule has 0 spiro atoms. The van der Waals surface area contributed by atoms with E-state index in [2.05, 4.69) is 45.0 Å². The summed E-state index contributed by atoms with van der Waals surface area (Å²) in [6.07, 6.45) is 1.05. The van der Waals surface area contributed by atoms with Crippen molar-refractivity contribution in [3.8, 4) is 0 Å². The molecule has 0 saturated carbocycles. The molecule has 0 aliphatic carbocycles. The van der Waals surface area contributed by atoms with Crippen molar-refractivity contribution in [3.63, 3.8) is 0 Å². The van der Waals surface area contributed by atoms with Crippen molar-refractivity contribution in [1.82, 2.24) is 9.88 Å². The molecular formula is C22H25ClFN5O2S2. The van der Waals surface area contributed by atoms with Crippen molar-refractivity contribution in [1.29, 1.82) is 0 Å². The Morgan fingerprint density at radius 1 is 1.24 bits per heavy atom. The Balaban J connectivity index is 1.62. The van der Waals surface area contributed by atoms with E-state index >= 15 is 0 Å². The van der Waals surface area contributed by atoms with E-state index in [9.17, 15) is 12.8 Å². The first kappa shape index (κ1) is 23.7. The van der Waals surface area contributed by atoms with Crippen LogP contribution in [0.3, 0.4) is 0 Å². The number of thiazole rings is 1. The van der Waals surface area contributed by atoms with Crippen LogP contribution >= 0.6 is 22.9 Å². The lowest BCUT2D eigenvalue weighted by atomic mass is 10.1. The summed E-state index contributed by atoms with van der Waals surface area (Å²) in [6.45, 7) is 3.81. The summed E-state index contributed by atoms with van der Waals surface area (Å²) < 4.78 is 42.4. The van der Waals surface area contributed by atoms with E-state index in [0.717, 1.165) is 48.6 Å². The lowest BCUT2D eigenvalue weighted by Crippen LogP contribution is -2.31. The van der Waals surface area contributed by atoms with Gasteiger partial charge in [0.25, 0.3) is 10.0 Å². The maximum absolute atomic E-state index is 14.9. The third-order valence-electron chi connectivity index (χ3n) is 5.64. The third-order valence-corrected chi connectivity index (χ3v) is 7.91. The highest BCUT2D eigenvalue weighted by Gasteiger charge is 2.27. The number of anilines is 4. The van der Waals surface area contributed by atoms with Crippen LogP contribution in [0.25, 0.3) is 0 Å². The van der Waals surface area contributed by atoms with Gasteiger partial charge in [0.05, 0.1) is 27.6 Å². The summed E-state index contributed by atoms with van der Waals surface area (Å²) in [5, 5.41) is 4.81. The molecule has 4 rings (SSSR count). The fourth-order valence-electron chi connectivity index (χ4n) is 3.82. The highest BCUT2D eigenvalue weighted by molar-refractivity contribution is 7.92. The number of aryl methyl sites for hydroxylation is 1. The summed E-state index contributed by atoms with van der Waals surface area (Å²) in [5.41, 5.74) is 4.65. The van der Waals surface area contributed by atoms with Crippen LogP contribution in [0.2, 0.25) is 5.02 Å². The van der Waals surface area contributed by atoms with Gasteiger partial charge in [-0.25, -0.2) is 17.8 Å². The number of benzene rings is 2. The van der Waals surface area contributed by atoms with E-state index in [4.69, 9.17) is 11.6 Å². The van der Waals surface area contributed by atoms with Crippen LogP contribution < -0.4 is 14.9 Å². The molecule has 1 atom stereocenters. The smallest absolute Gasteiger partial charge is 0.266 e. The van der Waals surface area contributed by atoms with Gasteiger partial charge in [0, 0.05) is 30.6 Å². The molecule has 1 fully saturated rings. The molecular weight excluding hydrogens is 485 g/mol. The molecule has 1 aliphatic heterocycles. The molecule has 1 saturated heterocycles. The Hall–Kier alpha value is -2.40. The van der Waals surface area contributed by atoms with Crippen molar-refractivity contribution < 1.29 is 12.8 Å². The zero-order valence-corrected chi connectivity index (χ0v) is 20.9. The molecule has 2 aromatic carbocycles. The molecule has 0 radical (unpaired) electrons. The number of hydrogen-bond donors (Lipinski definition) is 2. The van der Waals surface area contributed by atoms with Gasteiger partial charge in [-0.05, 0) is 51.2 Å². The van der Waals surface area contributed by atoms with Crippen LogP contribution in [0, 0.1) is 12.7 Å². The lowest BCUT2D eigenvalue weighted by molar-refractivity contribution is 0.315. The Morgan fingerprint density at radius 3 is 2.70 bits per heavy atom. The Labute approximate surface area is 202 Å². The number of nitrogens with zero attached hydrogens (tertiary/aromatic N) is 3. The normalized spacial score (nSPS) is 16.4. The monoisotopic (exact) mass is 509 g/mol. The first-order valence-corrected chi connectivity index (χ1v) is 13.1. The standard InChI is InChI=1S/C22H25ClFN5O2S2/c1-14-4-5-18(20(8-14)29-7-6-15(11-29)28(2)3)26-19-10-17(24)21(9-16(19)23)33(30,31)27-22-12-32-13-25-22/h4-5,8-10,12-13,15,26-27H,6-7,11H2,1-3H3/t15-/m1/s1. The van der Waals surface area contributed by atoms with Gasteiger partial charge in [0.2, 0.25) is 0 Å². The highest BCUT2D eigenvalue weighted by Crippen LogP contribution is 2.36. The SMILES string of the molecule is Cc1ccc(Nc2cc(F)c(S(=O)(=O)Nc3cscn3)cc2Cl)c(N2CC[C@@H](N(C)C)C2)c1. The van der Waals surface area contributed by atoms with E-state index in [0.29, 0.717) is 6.04 Å². The van der Waals surface area contributed by atoms with Gasteiger partial charge in [0.15, 0.2) is 5.82 Å². The number of rotatable bonds is 7. The maximum atomic E-state index is 14.9. The number of sulfonamides is 1. The number of likely N-dealkylation sites (N-methyl/N-ethyl adjacent to an activating group) is 1. The van der Waals surface area contributed by atoms with Gasteiger partial charge in [-0.15, -0.1) is 11.3 Å². The predicted molar refractivity (Wildman–Crippen MR) is 133 cm³/mol. The summed E-state index contributed by atoms with van der Waals surface area (Å²) in [6, 6.07) is 8.65. The first-order chi connectivity index (χ1) is 15.6. The second-order valence-corrected chi connectivity index (χ2v) is 11.0. The quantitative estimate of drug-likeness (QED) is 0.470. The van der Waals surface area contributed by atoms with E-state index in [1.165, 1.54) is 22.2 Å². The van der Waals surface area contributed by atoms with E-state index in [1.807, 2.05) is 19.1 Å². The average molecular weight is 510 g/mol. The molecule has 2 N–H and O–H groups in total. The lowest BCUT2D eigenvalue weighted by Gasteiger charge is -2.25. The van der Waals surface area contributed by atoms with Crippen LogP contribution in [0.4, 0.5) is 27.3 Å². The zero-order chi connectivity index (χ0) is 23.8. The number of aromatic nitrogens is 1. The van der Waals surface area contributed by atoms with E-state index in [1.54, 1.807) is 0 Å². The maximum Gasteiger partial charge on any atom is 0.266 e. The van der Waals surface area contributed by atoms with Gasteiger partial charge in [0.1, 0.15) is 10.7 Å². The predicted octanol–water partition coefficient (Wildman–Crippen LogP) is 4.93. The second kappa shape index (κ2) is 9.46. The molecule has 0 unspecified atom stereocenters. The molecule has 2 heterocycles. The van der Waals surface area contributed by atoms with Gasteiger partial charge < -0.3 is 15.1 Å². The van der Waals surface area contributed by atoms with Crippen LogP contribution in [-0.2, 0) is 10.0 Å². The van der Waals surface area contributed by atoms with E-state index < -0.39 is 20.7 Å². The van der Waals surface area contributed by atoms with Crippen molar-refractivity contribution in [2.45, 2.75) is 24.3 Å². The Kier molecular flexibility index (Phi) is 6.81. The van der Waals surface area contributed by atoms with Crippen molar-refractivity contribution >= 4 is 55.8 Å². The molecule has 11 heteroatoms. The number of halogens is 2. The largest absolute Gasteiger partial charge is 0.368 e. The summed E-state index contributed by atoms with van der Waals surface area (Å²) >= 11 is 7.62. The summed E-state index contributed by atoms with van der Waals surface area (Å²) in [4.78, 5) is 7.85. The van der Waals surface area contributed by atoms with Gasteiger partial charge in [-0.3, -0.25) is 4.72 Å². The fraction of sp³-hybridized carbons (Fsp3) is 0.318. The molecule has 33 heavy (non-hydrogen) atoms. The minimum absolute atomic E-state index is 0.0918. The fourth-order valence-corrected chi connectivity index (χ4v) is 5.74. The first-order valence-electron chi connectivity index (χ1n) is 10.3. The molecule has 1 aromatic heterocycles. The van der Waals surface area contributed by atoms with Gasteiger partial charge in [-0.2, -0.15) is 0 Å². The topological polar surface area (TPSA) is 77.6 Å². The van der Waals surface area contributed by atoms with Crippen molar-refractivity contribution in [3.05, 3.63) is 57.6 Å². The molecule has 7 nitrogen and oxygen atoms in total. The Bertz CT molecular complexity index is 1250. The molecule has 0 bridgehead atoms.